The Labute approximate surface area is 118 Å². The SMILES string of the molecule is CC(C)OCCCNC(=O)Nn1cnc2ccccc21. The lowest BCUT2D eigenvalue weighted by Gasteiger charge is -2.10. The Kier molecular flexibility index (Phi) is 4.95. The molecular formula is C14H20N4O2. The zero-order chi connectivity index (χ0) is 14.4. The quantitative estimate of drug-likeness (QED) is 0.794. The van der Waals surface area contributed by atoms with E-state index in [0.29, 0.717) is 13.2 Å². The number of aromatic nitrogens is 2. The Morgan fingerprint density at radius 1 is 1.40 bits per heavy atom. The molecule has 0 aliphatic carbocycles. The molecule has 0 unspecified atom stereocenters. The van der Waals surface area contributed by atoms with Crippen molar-refractivity contribution in [2.45, 2.75) is 26.4 Å². The summed E-state index contributed by atoms with van der Waals surface area (Å²) in [5.74, 6) is 0. The number of benzene rings is 1. The predicted octanol–water partition coefficient (Wildman–Crippen LogP) is 2.10. The van der Waals surface area contributed by atoms with Gasteiger partial charge in [-0.3, -0.25) is 0 Å². The third kappa shape index (κ3) is 3.96. The molecule has 1 heterocycles. The van der Waals surface area contributed by atoms with Crippen molar-refractivity contribution in [3.05, 3.63) is 30.6 Å². The van der Waals surface area contributed by atoms with Crippen LogP contribution in [0.5, 0.6) is 0 Å². The predicted molar refractivity (Wildman–Crippen MR) is 78.2 cm³/mol. The van der Waals surface area contributed by atoms with Gasteiger partial charge in [0, 0.05) is 13.2 Å². The van der Waals surface area contributed by atoms with Gasteiger partial charge in [0.1, 0.15) is 6.33 Å². The van der Waals surface area contributed by atoms with Gasteiger partial charge in [0.25, 0.3) is 0 Å². The van der Waals surface area contributed by atoms with Crippen molar-refractivity contribution in [1.82, 2.24) is 15.0 Å². The molecule has 0 saturated heterocycles. The van der Waals surface area contributed by atoms with Crippen LogP contribution < -0.4 is 10.7 Å². The molecule has 0 fully saturated rings. The van der Waals surface area contributed by atoms with E-state index >= 15 is 0 Å². The van der Waals surface area contributed by atoms with Gasteiger partial charge in [0.05, 0.1) is 17.1 Å². The first-order chi connectivity index (χ1) is 9.66. The highest BCUT2D eigenvalue weighted by atomic mass is 16.5. The molecule has 0 spiro atoms. The van der Waals surface area contributed by atoms with E-state index in [2.05, 4.69) is 15.7 Å². The molecule has 6 heteroatoms. The number of carbonyl (C=O) groups is 1. The number of fused-ring (bicyclic) bond motifs is 1. The lowest BCUT2D eigenvalue weighted by molar-refractivity contribution is 0.0774. The van der Waals surface area contributed by atoms with Crippen LogP contribution in [-0.2, 0) is 4.74 Å². The Morgan fingerprint density at radius 2 is 2.20 bits per heavy atom. The number of amides is 2. The zero-order valence-electron chi connectivity index (χ0n) is 11.8. The standard InChI is InChI=1S/C14H20N4O2/c1-11(2)20-9-5-8-15-14(19)17-18-10-16-12-6-3-4-7-13(12)18/h3-4,6-7,10-11H,5,8-9H2,1-2H3,(H2,15,17,19). The second kappa shape index (κ2) is 6.91. The average molecular weight is 276 g/mol. The zero-order valence-corrected chi connectivity index (χ0v) is 11.8. The third-order valence-corrected chi connectivity index (χ3v) is 2.73. The fourth-order valence-electron chi connectivity index (χ4n) is 1.79. The maximum atomic E-state index is 11.7. The maximum Gasteiger partial charge on any atom is 0.333 e. The molecule has 2 aromatic rings. The molecule has 0 aliphatic heterocycles. The number of carbonyl (C=O) groups excluding carboxylic acids is 1. The molecule has 0 saturated carbocycles. The van der Waals surface area contributed by atoms with Crippen LogP contribution in [0.4, 0.5) is 4.79 Å². The van der Waals surface area contributed by atoms with E-state index in [4.69, 9.17) is 4.74 Å². The number of imidazole rings is 1. The molecule has 2 N–H and O–H groups in total. The minimum atomic E-state index is -0.252. The monoisotopic (exact) mass is 276 g/mol. The first-order valence-corrected chi connectivity index (χ1v) is 6.75. The van der Waals surface area contributed by atoms with E-state index in [9.17, 15) is 4.79 Å². The lowest BCUT2D eigenvalue weighted by atomic mass is 10.3. The van der Waals surface area contributed by atoms with Crippen LogP contribution in [0.2, 0.25) is 0 Å². The number of rotatable bonds is 6. The van der Waals surface area contributed by atoms with Gasteiger partial charge in [0.15, 0.2) is 0 Å². The van der Waals surface area contributed by atoms with Crippen LogP contribution in [0.15, 0.2) is 30.6 Å². The average Bonchev–Trinajstić information content (AvgIpc) is 2.81. The molecule has 20 heavy (non-hydrogen) atoms. The molecule has 1 aromatic heterocycles. The van der Waals surface area contributed by atoms with Gasteiger partial charge >= 0.3 is 6.03 Å². The molecule has 1 aromatic carbocycles. The summed E-state index contributed by atoms with van der Waals surface area (Å²) in [5, 5.41) is 2.78. The van der Waals surface area contributed by atoms with Crippen molar-refractivity contribution in [1.29, 1.82) is 0 Å². The first-order valence-electron chi connectivity index (χ1n) is 6.75. The van der Waals surface area contributed by atoms with Crippen molar-refractivity contribution < 1.29 is 9.53 Å². The molecule has 0 atom stereocenters. The number of hydrogen-bond donors (Lipinski definition) is 2. The Hall–Kier alpha value is -2.08. The van der Waals surface area contributed by atoms with Crippen LogP contribution >= 0.6 is 0 Å². The fraction of sp³-hybridized carbons (Fsp3) is 0.429. The Balaban J connectivity index is 1.77. The summed E-state index contributed by atoms with van der Waals surface area (Å²) in [7, 11) is 0. The van der Waals surface area contributed by atoms with Crippen LogP contribution in [0.25, 0.3) is 11.0 Å². The summed E-state index contributed by atoms with van der Waals surface area (Å²) in [5.41, 5.74) is 4.44. The number of urea groups is 1. The van der Waals surface area contributed by atoms with Crippen molar-refractivity contribution in [3.8, 4) is 0 Å². The Bertz CT molecular complexity index is 565. The van der Waals surface area contributed by atoms with Crippen molar-refractivity contribution >= 4 is 17.1 Å². The third-order valence-electron chi connectivity index (χ3n) is 2.73. The van der Waals surface area contributed by atoms with Crippen LogP contribution in [0.3, 0.4) is 0 Å². The van der Waals surface area contributed by atoms with E-state index in [0.717, 1.165) is 17.5 Å². The summed E-state index contributed by atoms with van der Waals surface area (Å²) in [6.07, 6.45) is 2.60. The molecule has 0 aliphatic rings. The summed E-state index contributed by atoms with van der Waals surface area (Å²) in [6, 6.07) is 7.36. The summed E-state index contributed by atoms with van der Waals surface area (Å²) < 4.78 is 7.01. The summed E-state index contributed by atoms with van der Waals surface area (Å²) in [6.45, 7) is 5.20. The second-order valence-corrected chi connectivity index (χ2v) is 4.74. The normalized spacial score (nSPS) is 10.9. The number of nitrogens with zero attached hydrogens (tertiary/aromatic N) is 2. The summed E-state index contributed by atoms with van der Waals surface area (Å²) in [4.78, 5) is 15.9. The van der Waals surface area contributed by atoms with Crippen LogP contribution in [0.1, 0.15) is 20.3 Å². The van der Waals surface area contributed by atoms with Gasteiger partial charge in [-0.15, -0.1) is 0 Å². The molecule has 2 rings (SSSR count). The maximum absolute atomic E-state index is 11.7. The van der Waals surface area contributed by atoms with Gasteiger partial charge in [-0.1, -0.05) is 12.1 Å². The molecule has 0 bridgehead atoms. The van der Waals surface area contributed by atoms with Crippen LogP contribution in [0, 0.1) is 0 Å². The number of para-hydroxylation sites is 2. The highest BCUT2D eigenvalue weighted by Gasteiger charge is 2.04. The summed E-state index contributed by atoms with van der Waals surface area (Å²) >= 11 is 0. The van der Waals surface area contributed by atoms with E-state index < -0.39 is 0 Å². The minimum absolute atomic E-state index is 0.223. The number of nitrogens with one attached hydrogen (secondary N) is 2. The van der Waals surface area contributed by atoms with Crippen molar-refractivity contribution in [2.24, 2.45) is 0 Å². The smallest absolute Gasteiger partial charge is 0.333 e. The van der Waals surface area contributed by atoms with Gasteiger partial charge in [0.2, 0.25) is 0 Å². The fourth-order valence-corrected chi connectivity index (χ4v) is 1.79. The van der Waals surface area contributed by atoms with Gasteiger partial charge in [-0.05, 0) is 32.4 Å². The van der Waals surface area contributed by atoms with Gasteiger partial charge in [-0.2, -0.15) is 0 Å². The number of ether oxygens (including phenoxy) is 1. The first kappa shape index (κ1) is 14.3. The highest BCUT2D eigenvalue weighted by Crippen LogP contribution is 2.09. The topological polar surface area (TPSA) is 68.2 Å². The Morgan fingerprint density at radius 3 is 3.00 bits per heavy atom. The van der Waals surface area contributed by atoms with E-state index in [1.807, 2.05) is 38.1 Å². The second-order valence-electron chi connectivity index (χ2n) is 4.74. The highest BCUT2D eigenvalue weighted by molar-refractivity contribution is 5.84. The molecule has 0 radical (unpaired) electrons. The molecular weight excluding hydrogens is 256 g/mol. The van der Waals surface area contributed by atoms with Gasteiger partial charge in [-0.25, -0.2) is 19.9 Å². The van der Waals surface area contributed by atoms with E-state index in [-0.39, 0.29) is 12.1 Å². The van der Waals surface area contributed by atoms with E-state index in [1.165, 1.54) is 0 Å². The molecule has 6 nitrogen and oxygen atoms in total. The number of hydrogen-bond acceptors (Lipinski definition) is 3. The van der Waals surface area contributed by atoms with Crippen molar-refractivity contribution in [3.63, 3.8) is 0 Å². The minimum Gasteiger partial charge on any atom is -0.379 e. The lowest BCUT2D eigenvalue weighted by Crippen LogP contribution is -2.34. The molecule has 2 amide bonds. The van der Waals surface area contributed by atoms with Crippen molar-refractivity contribution in [2.75, 3.05) is 18.6 Å². The van der Waals surface area contributed by atoms with Crippen LogP contribution in [-0.4, -0.2) is 34.9 Å². The van der Waals surface area contributed by atoms with Gasteiger partial charge < -0.3 is 10.1 Å². The largest absolute Gasteiger partial charge is 0.379 e. The molecule has 108 valence electrons. The van der Waals surface area contributed by atoms with E-state index in [1.54, 1.807) is 11.0 Å².